The first-order valence-corrected chi connectivity index (χ1v) is 13.2. The van der Waals surface area contributed by atoms with Crippen molar-refractivity contribution >= 4 is 11.8 Å². The van der Waals surface area contributed by atoms with Crippen LogP contribution in [-0.4, -0.2) is 71.3 Å². The zero-order chi connectivity index (χ0) is 23.1. The Morgan fingerprint density at radius 1 is 0.765 bits per heavy atom. The molecule has 178 valence electrons. The van der Waals surface area contributed by atoms with Gasteiger partial charge in [0.15, 0.2) is 0 Å². The van der Waals surface area contributed by atoms with Crippen LogP contribution in [0.4, 0.5) is 0 Å². The molecule has 2 aromatic rings. The van der Waals surface area contributed by atoms with Crippen molar-refractivity contribution in [1.29, 1.82) is 0 Å². The highest BCUT2D eigenvalue weighted by molar-refractivity contribution is 5.98. The first-order chi connectivity index (χ1) is 16.7. The third-order valence-corrected chi connectivity index (χ3v) is 8.55. The summed E-state index contributed by atoms with van der Waals surface area (Å²) >= 11 is 0. The monoisotopic (exact) mass is 457 g/mol. The van der Waals surface area contributed by atoms with Crippen LogP contribution in [0.1, 0.15) is 71.2 Å². The number of rotatable bonds is 4. The molecule has 0 aromatic heterocycles. The normalized spacial score (nSPS) is 23.6. The van der Waals surface area contributed by atoms with Gasteiger partial charge in [0.05, 0.1) is 0 Å². The highest BCUT2D eigenvalue weighted by atomic mass is 16.2. The second kappa shape index (κ2) is 9.18. The van der Waals surface area contributed by atoms with Crippen molar-refractivity contribution < 1.29 is 9.59 Å². The molecule has 6 rings (SSSR count). The van der Waals surface area contributed by atoms with Crippen LogP contribution in [-0.2, 0) is 6.42 Å². The van der Waals surface area contributed by atoms with E-state index in [1.807, 2.05) is 35.2 Å². The Bertz CT molecular complexity index is 1070. The van der Waals surface area contributed by atoms with Crippen LogP contribution >= 0.6 is 0 Å². The van der Waals surface area contributed by atoms with Gasteiger partial charge in [-0.1, -0.05) is 30.7 Å². The fraction of sp³-hybridized carbons (Fsp3) is 0.517. The van der Waals surface area contributed by atoms with Gasteiger partial charge in [0.2, 0.25) is 0 Å². The van der Waals surface area contributed by atoms with E-state index in [2.05, 4.69) is 21.9 Å². The third-order valence-electron chi connectivity index (χ3n) is 8.55. The van der Waals surface area contributed by atoms with Crippen molar-refractivity contribution in [2.24, 2.45) is 0 Å². The largest absolute Gasteiger partial charge is 0.339 e. The van der Waals surface area contributed by atoms with Crippen LogP contribution in [0.25, 0.3) is 11.1 Å². The average molecular weight is 458 g/mol. The Balaban J connectivity index is 1.14. The van der Waals surface area contributed by atoms with E-state index in [9.17, 15) is 9.59 Å². The first-order valence-electron chi connectivity index (χ1n) is 13.2. The molecule has 0 unspecified atom stereocenters. The van der Waals surface area contributed by atoms with Gasteiger partial charge >= 0.3 is 0 Å². The van der Waals surface area contributed by atoms with Crippen molar-refractivity contribution in [1.82, 2.24) is 14.7 Å². The lowest BCUT2D eigenvalue weighted by Gasteiger charge is -2.37. The van der Waals surface area contributed by atoms with E-state index in [4.69, 9.17) is 0 Å². The molecule has 0 radical (unpaired) electrons. The lowest BCUT2D eigenvalue weighted by atomic mass is 9.92. The van der Waals surface area contributed by atoms with E-state index in [-0.39, 0.29) is 11.8 Å². The van der Waals surface area contributed by atoms with Gasteiger partial charge in [-0.2, -0.15) is 0 Å². The predicted molar refractivity (Wildman–Crippen MR) is 134 cm³/mol. The predicted octanol–water partition coefficient (Wildman–Crippen LogP) is 4.60. The number of nitrogens with zero attached hydrogens (tertiary/aromatic N) is 3. The summed E-state index contributed by atoms with van der Waals surface area (Å²) in [7, 11) is 0. The van der Waals surface area contributed by atoms with Gasteiger partial charge in [-0.05, 0) is 79.8 Å². The molecule has 2 saturated heterocycles. The summed E-state index contributed by atoms with van der Waals surface area (Å²) in [6.07, 6.45) is 9.49. The highest BCUT2D eigenvalue weighted by Crippen LogP contribution is 2.32. The Morgan fingerprint density at radius 2 is 1.53 bits per heavy atom. The molecule has 1 saturated carbocycles. The molecule has 0 spiro atoms. The van der Waals surface area contributed by atoms with Gasteiger partial charge in [0.25, 0.3) is 11.8 Å². The smallest absolute Gasteiger partial charge is 0.254 e. The molecular formula is C29H35N3O2. The molecule has 1 atom stereocenters. The maximum atomic E-state index is 13.3. The van der Waals surface area contributed by atoms with Crippen LogP contribution in [0.2, 0.25) is 0 Å². The van der Waals surface area contributed by atoms with E-state index in [1.165, 1.54) is 25.7 Å². The molecule has 3 heterocycles. The molecule has 0 N–H and O–H groups in total. The molecule has 0 bridgehead atoms. The Hall–Kier alpha value is -2.66. The van der Waals surface area contributed by atoms with E-state index >= 15 is 0 Å². The van der Waals surface area contributed by atoms with Crippen LogP contribution in [0.3, 0.4) is 0 Å². The van der Waals surface area contributed by atoms with Gasteiger partial charge in [0.1, 0.15) is 0 Å². The van der Waals surface area contributed by atoms with Gasteiger partial charge < -0.3 is 9.80 Å². The maximum absolute atomic E-state index is 13.3. The molecule has 5 nitrogen and oxygen atoms in total. The van der Waals surface area contributed by atoms with Crippen molar-refractivity contribution in [2.75, 3.05) is 32.7 Å². The van der Waals surface area contributed by atoms with Crippen LogP contribution in [0.15, 0.2) is 42.5 Å². The topological polar surface area (TPSA) is 43.9 Å². The molecular weight excluding hydrogens is 422 g/mol. The number of carbonyl (C=O) groups excluding carboxylic acids is 2. The number of likely N-dealkylation sites (tertiary alicyclic amines) is 2. The Labute approximate surface area is 202 Å². The second-order valence-electron chi connectivity index (χ2n) is 10.6. The number of fused-ring (bicyclic) bond motifs is 1. The number of hydrogen-bond donors (Lipinski definition) is 0. The SMILES string of the molecule is O=C(c1ccc(-c2ccc3c(c2)CCN([C@H]2CCN(C4CCC4)C2)C3=O)cc1)N1CCCCC1. The van der Waals surface area contributed by atoms with Crippen molar-refractivity contribution in [3.05, 3.63) is 59.2 Å². The summed E-state index contributed by atoms with van der Waals surface area (Å²) in [6.45, 7) is 4.75. The van der Waals surface area contributed by atoms with Gasteiger partial charge in [-0.15, -0.1) is 0 Å². The van der Waals surface area contributed by atoms with Gasteiger partial charge in [-0.25, -0.2) is 0 Å². The minimum atomic E-state index is 0.144. The number of benzene rings is 2. The Morgan fingerprint density at radius 3 is 2.26 bits per heavy atom. The molecule has 2 aromatic carbocycles. The minimum absolute atomic E-state index is 0.144. The average Bonchev–Trinajstić information content (AvgIpc) is 3.32. The molecule has 4 aliphatic rings. The lowest BCUT2D eigenvalue weighted by molar-refractivity contribution is 0.0646. The fourth-order valence-electron chi connectivity index (χ4n) is 6.23. The summed E-state index contributed by atoms with van der Waals surface area (Å²) in [4.78, 5) is 32.8. The molecule has 3 aliphatic heterocycles. The zero-order valence-corrected chi connectivity index (χ0v) is 20.0. The molecule has 1 aliphatic carbocycles. The molecule has 2 amide bonds. The van der Waals surface area contributed by atoms with Gasteiger partial charge in [-0.3, -0.25) is 14.5 Å². The van der Waals surface area contributed by atoms with Crippen LogP contribution in [0, 0.1) is 0 Å². The molecule has 5 heteroatoms. The third kappa shape index (κ3) is 4.04. The van der Waals surface area contributed by atoms with E-state index < -0.39 is 0 Å². The number of hydrogen-bond acceptors (Lipinski definition) is 3. The van der Waals surface area contributed by atoms with E-state index in [0.717, 1.165) is 92.3 Å². The van der Waals surface area contributed by atoms with Crippen LogP contribution in [0.5, 0.6) is 0 Å². The highest BCUT2D eigenvalue weighted by Gasteiger charge is 2.37. The zero-order valence-electron chi connectivity index (χ0n) is 20.0. The second-order valence-corrected chi connectivity index (χ2v) is 10.6. The van der Waals surface area contributed by atoms with E-state index in [1.54, 1.807) is 0 Å². The van der Waals surface area contributed by atoms with Gasteiger partial charge in [0, 0.05) is 55.9 Å². The summed E-state index contributed by atoms with van der Waals surface area (Å²) < 4.78 is 0. The molecule has 3 fully saturated rings. The summed E-state index contributed by atoms with van der Waals surface area (Å²) in [5, 5.41) is 0. The van der Waals surface area contributed by atoms with Crippen LogP contribution < -0.4 is 0 Å². The quantitative estimate of drug-likeness (QED) is 0.674. The number of amides is 2. The standard InChI is InChI=1S/C29H35N3O2/c33-28(30-15-2-1-3-16-30)22-9-7-21(8-10-22)23-11-12-27-24(19-23)13-18-32(29(27)34)26-14-17-31(20-26)25-5-4-6-25/h7-12,19,25-26H,1-6,13-18,20H2/t26-/m0/s1. The minimum Gasteiger partial charge on any atom is -0.339 e. The summed E-state index contributed by atoms with van der Waals surface area (Å²) in [5.74, 6) is 0.348. The van der Waals surface area contributed by atoms with E-state index in [0.29, 0.717) is 6.04 Å². The maximum Gasteiger partial charge on any atom is 0.254 e. The van der Waals surface area contributed by atoms with Crippen molar-refractivity contribution in [3.8, 4) is 11.1 Å². The first kappa shape index (κ1) is 21.8. The Kier molecular flexibility index (Phi) is 5.90. The number of carbonyl (C=O) groups is 2. The number of piperidine rings is 1. The fourth-order valence-corrected chi connectivity index (χ4v) is 6.23. The lowest BCUT2D eigenvalue weighted by Crippen LogP contribution is -2.47. The summed E-state index contributed by atoms with van der Waals surface area (Å²) in [5.41, 5.74) is 5.01. The van der Waals surface area contributed by atoms with Crippen molar-refractivity contribution in [2.45, 2.75) is 63.5 Å². The molecule has 34 heavy (non-hydrogen) atoms. The van der Waals surface area contributed by atoms with Crippen molar-refractivity contribution in [3.63, 3.8) is 0 Å². The summed E-state index contributed by atoms with van der Waals surface area (Å²) in [6, 6.07) is 15.4.